The highest BCUT2D eigenvalue weighted by Gasteiger charge is 2.22. The topological polar surface area (TPSA) is 63.1 Å². The van der Waals surface area contributed by atoms with Gasteiger partial charge in [-0.3, -0.25) is 0 Å². The summed E-state index contributed by atoms with van der Waals surface area (Å²) in [6.07, 6.45) is -1.56. The maximum atomic E-state index is 12.6. The van der Waals surface area contributed by atoms with Crippen molar-refractivity contribution in [2.24, 2.45) is 5.41 Å². The lowest BCUT2D eigenvalue weighted by molar-refractivity contribution is 0.0681. The van der Waals surface area contributed by atoms with E-state index in [-0.39, 0.29) is 11.2 Å². The van der Waals surface area contributed by atoms with Crippen LogP contribution in [0.25, 0.3) is 0 Å². The van der Waals surface area contributed by atoms with Crippen molar-refractivity contribution in [1.29, 1.82) is 0 Å². The quantitative estimate of drug-likeness (QED) is 0.887. The van der Waals surface area contributed by atoms with Gasteiger partial charge in [0.15, 0.2) is 0 Å². The highest BCUT2D eigenvalue weighted by atomic mass is 19.3. The Morgan fingerprint density at radius 3 is 2.47 bits per heavy atom. The van der Waals surface area contributed by atoms with E-state index in [9.17, 15) is 13.6 Å². The minimum atomic E-state index is -2.91. The molecule has 0 aliphatic rings. The first-order chi connectivity index (χ1) is 7.70. The summed E-state index contributed by atoms with van der Waals surface area (Å²) < 4.78 is 25.3. The SMILES string of the molecule is CC(C)(C)Cc1ncc(C(=O)O)c(C(F)F)n1. The van der Waals surface area contributed by atoms with Crippen molar-refractivity contribution in [3.05, 3.63) is 23.3 Å². The number of nitrogens with zero attached hydrogens (tertiary/aromatic N) is 2. The van der Waals surface area contributed by atoms with Gasteiger partial charge >= 0.3 is 5.97 Å². The van der Waals surface area contributed by atoms with Crippen LogP contribution in [0.4, 0.5) is 8.78 Å². The van der Waals surface area contributed by atoms with Crippen LogP contribution in [0.2, 0.25) is 0 Å². The summed E-state index contributed by atoms with van der Waals surface area (Å²) >= 11 is 0. The Morgan fingerprint density at radius 1 is 1.47 bits per heavy atom. The summed E-state index contributed by atoms with van der Waals surface area (Å²) in [5.74, 6) is -1.21. The van der Waals surface area contributed by atoms with Gasteiger partial charge in [-0.05, 0) is 5.41 Å². The lowest BCUT2D eigenvalue weighted by atomic mass is 9.92. The zero-order valence-corrected chi connectivity index (χ0v) is 9.87. The fourth-order valence-electron chi connectivity index (χ4n) is 1.32. The molecule has 17 heavy (non-hydrogen) atoms. The standard InChI is InChI=1S/C11H14F2N2O2/c1-11(2,3)4-7-14-5-6(10(16)17)8(15-7)9(12)13/h5,9H,4H2,1-3H3,(H,16,17). The summed E-state index contributed by atoms with van der Waals surface area (Å²) in [5.41, 5.74) is -1.41. The molecule has 0 fully saturated rings. The van der Waals surface area contributed by atoms with Crippen LogP contribution in [0, 0.1) is 5.41 Å². The predicted octanol–water partition coefficient (Wildman–Crippen LogP) is 2.70. The number of carboxylic acid groups (broad SMARTS) is 1. The molecular formula is C11H14F2N2O2. The fourth-order valence-corrected chi connectivity index (χ4v) is 1.32. The number of halogens is 2. The molecule has 0 saturated heterocycles. The third kappa shape index (κ3) is 3.72. The molecule has 1 rings (SSSR count). The van der Waals surface area contributed by atoms with E-state index in [1.165, 1.54) is 0 Å². The summed E-state index contributed by atoms with van der Waals surface area (Å²) in [4.78, 5) is 18.1. The molecule has 0 aliphatic carbocycles. The minimum Gasteiger partial charge on any atom is -0.478 e. The lowest BCUT2D eigenvalue weighted by Crippen LogP contribution is -2.15. The normalized spacial score (nSPS) is 11.9. The smallest absolute Gasteiger partial charge is 0.339 e. The zero-order valence-electron chi connectivity index (χ0n) is 9.87. The van der Waals surface area contributed by atoms with Crippen LogP contribution in [0.1, 0.15) is 49.1 Å². The van der Waals surface area contributed by atoms with E-state index in [0.29, 0.717) is 6.42 Å². The van der Waals surface area contributed by atoms with Crippen molar-refractivity contribution in [1.82, 2.24) is 9.97 Å². The van der Waals surface area contributed by atoms with Gasteiger partial charge in [0, 0.05) is 12.6 Å². The first-order valence-corrected chi connectivity index (χ1v) is 5.08. The molecule has 0 aliphatic heterocycles. The molecule has 6 heteroatoms. The second kappa shape index (κ2) is 4.73. The van der Waals surface area contributed by atoms with Crippen LogP contribution in [0.15, 0.2) is 6.20 Å². The average molecular weight is 244 g/mol. The van der Waals surface area contributed by atoms with Gasteiger partial charge in [-0.1, -0.05) is 20.8 Å². The van der Waals surface area contributed by atoms with Crippen molar-refractivity contribution in [3.63, 3.8) is 0 Å². The number of rotatable bonds is 3. The number of carboxylic acids is 1. The molecule has 0 unspecified atom stereocenters. The first-order valence-electron chi connectivity index (χ1n) is 5.08. The molecule has 1 heterocycles. The molecule has 94 valence electrons. The van der Waals surface area contributed by atoms with Crippen LogP contribution in [0.5, 0.6) is 0 Å². The Morgan fingerprint density at radius 2 is 2.06 bits per heavy atom. The monoisotopic (exact) mass is 244 g/mol. The number of aromatic nitrogens is 2. The van der Waals surface area contributed by atoms with Gasteiger partial charge in [-0.25, -0.2) is 23.5 Å². The molecule has 0 atom stereocenters. The van der Waals surface area contributed by atoms with Crippen molar-refractivity contribution >= 4 is 5.97 Å². The third-order valence-electron chi connectivity index (χ3n) is 1.99. The van der Waals surface area contributed by atoms with E-state index in [1.807, 2.05) is 20.8 Å². The Bertz CT molecular complexity index is 428. The number of alkyl halides is 2. The van der Waals surface area contributed by atoms with Crippen LogP contribution >= 0.6 is 0 Å². The van der Waals surface area contributed by atoms with E-state index < -0.39 is 23.7 Å². The number of hydrogen-bond donors (Lipinski definition) is 1. The first kappa shape index (κ1) is 13.5. The fraction of sp³-hybridized carbons (Fsp3) is 0.545. The average Bonchev–Trinajstić information content (AvgIpc) is 2.14. The predicted molar refractivity (Wildman–Crippen MR) is 57.1 cm³/mol. The van der Waals surface area contributed by atoms with Gasteiger partial charge < -0.3 is 5.11 Å². The maximum absolute atomic E-state index is 12.6. The molecule has 1 N–H and O–H groups in total. The summed E-state index contributed by atoms with van der Waals surface area (Å²) in [6.45, 7) is 5.76. The van der Waals surface area contributed by atoms with Crippen LogP contribution in [-0.2, 0) is 6.42 Å². The summed E-state index contributed by atoms with van der Waals surface area (Å²) in [5, 5.41) is 8.72. The Kier molecular flexibility index (Phi) is 3.75. The number of carbonyl (C=O) groups is 1. The third-order valence-corrected chi connectivity index (χ3v) is 1.99. The molecule has 0 saturated carbocycles. The van der Waals surface area contributed by atoms with E-state index >= 15 is 0 Å². The van der Waals surface area contributed by atoms with Crippen molar-refractivity contribution in [2.45, 2.75) is 33.6 Å². The van der Waals surface area contributed by atoms with Gasteiger partial charge in [-0.2, -0.15) is 0 Å². The molecule has 4 nitrogen and oxygen atoms in total. The molecule has 0 amide bonds. The number of hydrogen-bond acceptors (Lipinski definition) is 3. The molecular weight excluding hydrogens is 230 g/mol. The molecule has 0 radical (unpaired) electrons. The van der Waals surface area contributed by atoms with Gasteiger partial charge in [-0.15, -0.1) is 0 Å². The maximum Gasteiger partial charge on any atom is 0.339 e. The van der Waals surface area contributed by atoms with Crippen LogP contribution in [0.3, 0.4) is 0 Å². The summed E-state index contributed by atoms with van der Waals surface area (Å²) in [6, 6.07) is 0. The molecule has 1 aromatic rings. The van der Waals surface area contributed by atoms with E-state index in [0.717, 1.165) is 6.20 Å². The molecule has 0 spiro atoms. The van der Waals surface area contributed by atoms with Gasteiger partial charge in [0.25, 0.3) is 6.43 Å². The second-order valence-corrected chi connectivity index (χ2v) is 4.93. The van der Waals surface area contributed by atoms with Crippen LogP contribution < -0.4 is 0 Å². The highest BCUT2D eigenvalue weighted by Crippen LogP contribution is 2.23. The molecule has 0 bridgehead atoms. The second-order valence-electron chi connectivity index (χ2n) is 4.93. The zero-order chi connectivity index (χ0) is 13.2. The van der Waals surface area contributed by atoms with E-state index in [2.05, 4.69) is 9.97 Å². The minimum absolute atomic E-state index is 0.149. The Labute approximate surface area is 97.7 Å². The highest BCUT2D eigenvalue weighted by molar-refractivity contribution is 5.88. The van der Waals surface area contributed by atoms with Gasteiger partial charge in [0.2, 0.25) is 0 Å². The van der Waals surface area contributed by atoms with Gasteiger partial charge in [0.05, 0.1) is 0 Å². The summed E-state index contributed by atoms with van der Waals surface area (Å²) in [7, 11) is 0. The Balaban J connectivity index is 3.15. The van der Waals surface area contributed by atoms with Crippen LogP contribution in [-0.4, -0.2) is 21.0 Å². The van der Waals surface area contributed by atoms with E-state index in [1.54, 1.807) is 0 Å². The van der Waals surface area contributed by atoms with Crippen molar-refractivity contribution < 1.29 is 18.7 Å². The van der Waals surface area contributed by atoms with Crippen molar-refractivity contribution in [3.8, 4) is 0 Å². The largest absolute Gasteiger partial charge is 0.478 e. The lowest BCUT2D eigenvalue weighted by Gasteiger charge is -2.17. The molecule has 0 aromatic carbocycles. The van der Waals surface area contributed by atoms with Crippen molar-refractivity contribution in [2.75, 3.05) is 0 Å². The van der Waals surface area contributed by atoms with E-state index in [4.69, 9.17) is 5.11 Å². The molecule has 1 aromatic heterocycles. The van der Waals surface area contributed by atoms with Gasteiger partial charge in [0.1, 0.15) is 17.1 Å². The Hall–Kier alpha value is -1.59. The number of aromatic carboxylic acids is 1.